The van der Waals surface area contributed by atoms with Crippen molar-refractivity contribution in [1.82, 2.24) is 5.32 Å². The minimum absolute atomic E-state index is 0.0960. The largest absolute Gasteiger partial charge is 0.481 e. The molecular formula is C17H25NO3. The SMILES string of the molecule is CC(C)CC(CNC(=O)CC(C)c1ccccc1)C(=O)O. The third-order valence-corrected chi connectivity index (χ3v) is 3.51. The van der Waals surface area contributed by atoms with E-state index >= 15 is 0 Å². The Labute approximate surface area is 126 Å². The topological polar surface area (TPSA) is 66.4 Å². The highest BCUT2D eigenvalue weighted by Crippen LogP contribution is 2.18. The van der Waals surface area contributed by atoms with Crippen molar-refractivity contribution in [3.63, 3.8) is 0 Å². The Morgan fingerprint density at radius 1 is 1.14 bits per heavy atom. The zero-order chi connectivity index (χ0) is 15.8. The Kier molecular flexibility index (Phi) is 6.92. The van der Waals surface area contributed by atoms with Gasteiger partial charge >= 0.3 is 5.97 Å². The zero-order valence-electron chi connectivity index (χ0n) is 13.0. The summed E-state index contributed by atoms with van der Waals surface area (Å²) in [5.74, 6) is -1.03. The fraction of sp³-hybridized carbons (Fsp3) is 0.529. The lowest BCUT2D eigenvalue weighted by Crippen LogP contribution is -2.34. The van der Waals surface area contributed by atoms with Crippen molar-refractivity contribution < 1.29 is 14.7 Å². The highest BCUT2D eigenvalue weighted by Gasteiger charge is 2.20. The second-order valence-corrected chi connectivity index (χ2v) is 5.98. The summed E-state index contributed by atoms with van der Waals surface area (Å²) in [6.07, 6.45) is 0.946. The van der Waals surface area contributed by atoms with Crippen LogP contribution in [0.2, 0.25) is 0 Å². The molecular weight excluding hydrogens is 266 g/mol. The molecule has 116 valence electrons. The van der Waals surface area contributed by atoms with Gasteiger partial charge in [-0.1, -0.05) is 51.1 Å². The van der Waals surface area contributed by atoms with Crippen LogP contribution < -0.4 is 5.32 Å². The van der Waals surface area contributed by atoms with E-state index < -0.39 is 11.9 Å². The maximum absolute atomic E-state index is 11.9. The van der Waals surface area contributed by atoms with Crippen LogP contribution in [0.15, 0.2) is 30.3 Å². The maximum atomic E-state index is 11.9. The first-order chi connectivity index (χ1) is 9.90. The first-order valence-electron chi connectivity index (χ1n) is 7.44. The van der Waals surface area contributed by atoms with Gasteiger partial charge in [0.15, 0.2) is 0 Å². The molecule has 0 saturated heterocycles. The predicted octanol–water partition coefficient (Wildman–Crippen LogP) is 3.04. The number of amides is 1. The summed E-state index contributed by atoms with van der Waals surface area (Å²) in [4.78, 5) is 23.1. The minimum Gasteiger partial charge on any atom is -0.481 e. The lowest BCUT2D eigenvalue weighted by molar-refractivity contribution is -0.142. The van der Waals surface area contributed by atoms with Crippen molar-refractivity contribution in [2.24, 2.45) is 11.8 Å². The highest BCUT2D eigenvalue weighted by atomic mass is 16.4. The summed E-state index contributed by atoms with van der Waals surface area (Å²) in [6.45, 7) is 6.16. The van der Waals surface area contributed by atoms with Crippen molar-refractivity contribution in [1.29, 1.82) is 0 Å². The van der Waals surface area contributed by atoms with Crippen LogP contribution in [0.4, 0.5) is 0 Å². The van der Waals surface area contributed by atoms with Gasteiger partial charge in [-0.25, -0.2) is 0 Å². The van der Waals surface area contributed by atoms with Crippen molar-refractivity contribution in [2.45, 2.75) is 39.5 Å². The van der Waals surface area contributed by atoms with Crippen LogP contribution in [0, 0.1) is 11.8 Å². The minimum atomic E-state index is -0.847. The molecule has 1 amide bonds. The first-order valence-corrected chi connectivity index (χ1v) is 7.44. The summed E-state index contributed by atoms with van der Waals surface area (Å²) < 4.78 is 0. The smallest absolute Gasteiger partial charge is 0.308 e. The molecule has 0 radical (unpaired) electrons. The fourth-order valence-electron chi connectivity index (χ4n) is 2.33. The molecule has 0 aromatic heterocycles. The van der Waals surface area contributed by atoms with Gasteiger partial charge < -0.3 is 10.4 Å². The normalized spacial score (nSPS) is 13.7. The van der Waals surface area contributed by atoms with E-state index in [1.165, 1.54) is 0 Å². The van der Waals surface area contributed by atoms with Gasteiger partial charge in [-0.3, -0.25) is 9.59 Å². The van der Waals surface area contributed by atoms with Gasteiger partial charge in [-0.2, -0.15) is 0 Å². The van der Waals surface area contributed by atoms with E-state index in [4.69, 9.17) is 5.11 Å². The third kappa shape index (κ3) is 6.43. The molecule has 21 heavy (non-hydrogen) atoms. The van der Waals surface area contributed by atoms with Gasteiger partial charge in [0, 0.05) is 13.0 Å². The van der Waals surface area contributed by atoms with Crippen LogP contribution in [-0.2, 0) is 9.59 Å². The molecule has 4 heteroatoms. The summed E-state index contributed by atoms with van der Waals surface area (Å²) in [7, 11) is 0. The average molecular weight is 291 g/mol. The van der Waals surface area contributed by atoms with Crippen molar-refractivity contribution in [2.75, 3.05) is 6.54 Å². The van der Waals surface area contributed by atoms with E-state index in [2.05, 4.69) is 5.32 Å². The summed E-state index contributed by atoms with van der Waals surface area (Å²) in [6, 6.07) is 9.84. The molecule has 0 saturated carbocycles. The van der Waals surface area contributed by atoms with Gasteiger partial charge in [-0.05, 0) is 23.8 Å². The monoisotopic (exact) mass is 291 g/mol. The third-order valence-electron chi connectivity index (χ3n) is 3.51. The quantitative estimate of drug-likeness (QED) is 0.773. The van der Waals surface area contributed by atoms with Crippen molar-refractivity contribution in [3.05, 3.63) is 35.9 Å². The summed E-state index contributed by atoms with van der Waals surface area (Å²) in [5, 5.41) is 11.9. The number of aliphatic carboxylic acids is 1. The number of benzene rings is 1. The van der Waals surface area contributed by atoms with E-state index in [-0.39, 0.29) is 18.4 Å². The van der Waals surface area contributed by atoms with Crippen LogP contribution >= 0.6 is 0 Å². The Hall–Kier alpha value is -1.84. The number of carbonyl (C=O) groups is 2. The van der Waals surface area contributed by atoms with Crippen LogP contribution in [0.5, 0.6) is 0 Å². The second-order valence-electron chi connectivity index (χ2n) is 5.98. The van der Waals surface area contributed by atoms with Crippen LogP contribution in [0.1, 0.15) is 45.1 Å². The molecule has 2 unspecified atom stereocenters. The number of carboxylic acids is 1. The van der Waals surface area contributed by atoms with E-state index in [1.807, 2.05) is 51.1 Å². The second kappa shape index (κ2) is 8.45. The van der Waals surface area contributed by atoms with Gasteiger partial charge in [0.2, 0.25) is 5.91 Å². The number of carbonyl (C=O) groups excluding carboxylic acids is 1. The molecule has 1 rings (SSSR count). The molecule has 0 aliphatic carbocycles. The Morgan fingerprint density at radius 3 is 2.29 bits per heavy atom. The Balaban J connectivity index is 2.44. The lowest BCUT2D eigenvalue weighted by Gasteiger charge is -2.17. The molecule has 0 fully saturated rings. The van der Waals surface area contributed by atoms with E-state index in [0.717, 1.165) is 5.56 Å². The lowest BCUT2D eigenvalue weighted by atomic mass is 9.96. The molecule has 0 aliphatic heterocycles. The first kappa shape index (κ1) is 17.2. The van der Waals surface area contributed by atoms with Crippen LogP contribution in [0.3, 0.4) is 0 Å². The van der Waals surface area contributed by atoms with Gasteiger partial charge in [-0.15, -0.1) is 0 Å². The zero-order valence-corrected chi connectivity index (χ0v) is 13.0. The van der Waals surface area contributed by atoms with Crippen LogP contribution in [0.25, 0.3) is 0 Å². The Morgan fingerprint density at radius 2 is 1.76 bits per heavy atom. The standard InChI is InChI=1S/C17H25NO3/c1-12(2)9-15(17(20)21)11-18-16(19)10-13(3)14-7-5-4-6-8-14/h4-8,12-13,15H,9-11H2,1-3H3,(H,18,19)(H,20,21). The Bertz CT molecular complexity index is 456. The van der Waals surface area contributed by atoms with E-state index in [1.54, 1.807) is 0 Å². The summed E-state index contributed by atoms with van der Waals surface area (Å²) in [5.41, 5.74) is 1.12. The molecule has 0 spiro atoms. The van der Waals surface area contributed by atoms with Crippen molar-refractivity contribution >= 4 is 11.9 Å². The molecule has 0 bridgehead atoms. The maximum Gasteiger partial charge on any atom is 0.308 e. The number of hydrogen-bond donors (Lipinski definition) is 2. The fourth-order valence-corrected chi connectivity index (χ4v) is 2.33. The van der Waals surface area contributed by atoms with Gasteiger partial charge in [0.25, 0.3) is 0 Å². The van der Waals surface area contributed by atoms with Crippen molar-refractivity contribution in [3.8, 4) is 0 Å². The number of nitrogens with one attached hydrogen (secondary N) is 1. The molecule has 2 atom stereocenters. The average Bonchev–Trinajstić information content (AvgIpc) is 2.43. The number of carboxylic acid groups (broad SMARTS) is 1. The molecule has 4 nitrogen and oxygen atoms in total. The number of hydrogen-bond acceptors (Lipinski definition) is 2. The highest BCUT2D eigenvalue weighted by molar-refractivity contribution is 5.78. The van der Waals surface area contributed by atoms with Gasteiger partial charge in [0.1, 0.15) is 0 Å². The van der Waals surface area contributed by atoms with Gasteiger partial charge in [0.05, 0.1) is 5.92 Å². The predicted molar refractivity (Wildman–Crippen MR) is 83.1 cm³/mol. The molecule has 1 aromatic rings. The van der Waals surface area contributed by atoms with Crippen LogP contribution in [-0.4, -0.2) is 23.5 Å². The molecule has 1 aromatic carbocycles. The van der Waals surface area contributed by atoms with E-state index in [9.17, 15) is 9.59 Å². The summed E-state index contributed by atoms with van der Waals surface area (Å²) >= 11 is 0. The number of rotatable bonds is 8. The van der Waals surface area contributed by atoms with E-state index in [0.29, 0.717) is 18.8 Å². The molecule has 0 heterocycles. The molecule has 0 aliphatic rings. The molecule has 2 N–H and O–H groups in total.